The van der Waals surface area contributed by atoms with E-state index >= 15 is 0 Å². The van der Waals surface area contributed by atoms with E-state index in [-0.39, 0.29) is 35.6 Å². The molecule has 0 rings (SSSR count). The number of halogens is 1. The highest BCUT2D eigenvalue weighted by molar-refractivity contribution is 14.0. The van der Waals surface area contributed by atoms with Gasteiger partial charge in [0.05, 0.1) is 6.54 Å². The van der Waals surface area contributed by atoms with Gasteiger partial charge in [-0.15, -0.1) is 24.0 Å². The summed E-state index contributed by atoms with van der Waals surface area (Å²) in [6, 6.07) is 0. The summed E-state index contributed by atoms with van der Waals surface area (Å²) in [7, 11) is 0. The van der Waals surface area contributed by atoms with E-state index < -0.39 is 5.60 Å². The number of amides is 1. The van der Waals surface area contributed by atoms with Crippen LogP contribution in [0.3, 0.4) is 0 Å². The summed E-state index contributed by atoms with van der Waals surface area (Å²) < 4.78 is 5.32. The van der Waals surface area contributed by atoms with Crippen molar-refractivity contribution >= 4 is 36.0 Å². The molecule has 21 heavy (non-hydrogen) atoms. The first-order valence-electron chi connectivity index (χ1n) is 7.00. The summed E-state index contributed by atoms with van der Waals surface area (Å²) in [4.78, 5) is 17.7. The lowest BCUT2D eigenvalue weighted by Gasteiger charge is -2.26. The molecule has 0 aliphatic heterocycles. The number of nitrogens with one attached hydrogen (secondary N) is 1. The van der Waals surface area contributed by atoms with Crippen molar-refractivity contribution in [1.82, 2.24) is 10.2 Å². The van der Waals surface area contributed by atoms with Crippen LogP contribution in [0.1, 0.15) is 48.5 Å². The summed E-state index contributed by atoms with van der Waals surface area (Å²) in [5, 5.41) is 3.07. The molecule has 1 amide bonds. The molecule has 0 saturated heterocycles. The minimum absolute atomic E-state index is 0. The van der Waals surface area contributed by atoms with Gasteiger partial charge in [0.25, 0.3) is 0 Å². The van der Waals surface area contributed by atoms with Crippen LogP contribution in [-0.4, -0.2) is 47.7 Å². The zero-order chi connectivity index (χ0) is 16.0. The molecule has 0 radical (unpaired) electrons. The van der Waals surface area contributed by atoms with Gasteiger partial charge in [0, 0.05) is 18.6 Å². The lowest BCUT2D eigenvalue weighted by Crippen LogP contribution is -2.45. The summed E-state index contributed by atoms with van der Waals surface area (Å²) in [6.07, 6.45) is -0.322. The molecule has 0 aliphatic carbocycles. The van der Waals surface area contributed by atoms with Crippen LogP contribution in [0, 0.1) is 0 Å². The molecule has 0 saturated carbocycles. The molecule has 0 aromatic carbocycles. The molecule has 126 valence electrons. The molecule has 0 atom stereocenters. The Bertz CT molecular complexity index is 346. The maximum Gasteiger partial charge on any atom is 0.410 e. The topological polar surface area (TPSA) is 80.0 Å². The lowest BCUT2D eigenvalue weighted by atomic mass is 10.1. The fourth-order valence-electron chi connectivity index (χ4n) is 1.42. The molecular weight excluding hydrogens is 383 g/mol. The summed E-state index contributed by atoms with van der Waals surface area (Å²) in [5.41, 5.74) is 5.16. The third-order valence-corrected chi connectivity index (χ3v) is 2.19. The van der Waals surface area contributed by atoms with E-state index in [9.17, 15) is 4.79 Å². The highest BCUT2D eigenvalue weighted by Gasteiger charge is 2.20. The summed E-state index contributed by atoms with van der Waals surface area (Å²) >= 11 is 0. The van der Waals surface area contributed by atoms with Gasteiger partial charge in [-0.25, -0.2) is 4.79 Å². The SMILES string of the molecule is CCN(CCN=C(N)NC(C)(C)C)C(=O)OC(C)(C)C.I. The molecule has 0 aromatic rings. The molecular formula is C14H31IN4O2. The zero-order valence-corrected chi connectivity index (χ0v) is 16.6. The summed E-state index contributed by atoms with van der Waals surface area (Å²) in [5.74, 6) is 0.387. The first kappa shape index (κ1) is 22.5. The standard InChI is InChI=1S/C14H30N4O2.HI/c1-8-18(12(19)20-14(5,6)7)10-9-16-11(15)17-13(2,3)4;/h8-10H2,1-7H3,(H3,15,16,17);1H. The highest BCUT2D eigenvalue weighted by atomic mass is 127. The van der Waals surface area contributed by atoms with Crippen LogP contribution in [0.5, 0.6) is 0 Å². The number of likely N-dealkylation sites (N-methyl/N-ethyl adjacent to an activating group) is 1. The molecule has 3 N–H and O–H groups in total. The molecule has 0 fully saturated rings. The fourth-order valence-corrected chi connectivity index (χ4v) is 1.42. The van der Waals surface area contributed by atoms with Gasteiger partial charge in [-0.3, -0.25) is 4.99 Å². The van der Waals surface area contributed by atoms with Crippen LogP contribution in [0.15, 0.2) is 4.99 Å². The first-order valence-corrected chi connectivity index (χ1v) is 7.00. The molecule has 6 nitrogen and oxygen atoms in total. The van der Waals surface area contributed by atoms with Crippen molar-refractivity contribution < 1.29 is 9.53 Å². The second-order valence-corrected chi connectivity index (χ2v) is 6.70. The van der Waals surface area contributed by atoms with Crippen LogP contribution in [0.4, 0.5) is 4.79 Å². The van der Waals surface area contributed by atoms with Crippen molar-refractivity contribution in [3.8, 4) is 0 Å². The third-order valence-electron chi connectivity index (χ3n) is 2.19. The van der Waals surface area contributed by atoms with Gasteiger partial charge < -0.3 is 20.7 Å². The second kappa shape index (κ2) is 9.32. The predicted octanol–water partition coefficient (Wildman–Crippen LogP) is 2.56. The van der Waals surface area contributed by atoms with Crippen LogP contribution in [0.2, 0.25) is 0 Å². The smallest absolute Gasteiger partial charge is 0.410 e. The number of carbonyl (C=O) groups excluding carboxylic acids is 1. The molecule has 7 heteroatoms. The van der Waals surface area contributed by atoms with E-state index in [0.717, 1.165) is 0 Å². The normalized spacial score (nSPS) is 12.4. The molecule has 0 aliphatic rings. The van der Waals surface area contributed by atoms with Gasteiger partial charge in [0.1, 0.15) is 5.60 Å². The minimum Gasteiger partial charge on any atom is -0.444 e. The van der Waals surface area contributed by atoms with Gasteiger partial charge >= 0.3 is 6.09 Å². The van der Waals surface area contributed by atoms with Crippen LogP contribution in [0.25, 0.3) is 0 Å². The fraction of sp³-hybridized carbons (Fsp3) is 0.857. The van der Waals surface area contributed by atoms with Crippen molar-refractivity contribution in [1.29, 1.82) is 0 Å². The minimum atomic E-state index is -0.486. The Kier molecular flexibility index (Phi) is 10.0. The Hall–Kier alpha value is -0.730. The van der Waals surface area contributed by atoms with Crippen molar-refractivity contribution in [3.63, 3.8) is 0 Å². The van der Waals surface area contributed by atoms with Gasteiger partial charge in [0.15, 0.2) is 5.96 Å². The first-order chi connectivity index (χ1) is 8.94. The largest absolute Gasteiger partial charge is 0.444 e. The van der Waals surface area contributed by atoms with Gasteiger partial charge in [-0.2, -0.15) is 0 Å². The quantitative estimate of drug-likeness (QED) is 0.421. The molecule has 0 spiro atoms. The van der Waals surface area contributed by atoms with E-state index in [0.29, 0.717) is 25.6 Å². The summed E-state index contributed by atoms with van der Waals surface area (Å²) in [6.45, 7) is 15.0. The average molecular weight is 414 g/mol. The number of nitrogens with zero attached hydrogens (tertiary/aromatic N) is 2. The Labute approximate surface area is 145 Å². The number of ether oxygens (including phenoxy) is 1. The highest BCUT2D eigenvalue weighted by Crippen LogP contribution is 2.09. The van der Waals surface area contributed by atoms with E-state index in [4.69, 9.17) is 10.5 Å². The molecule has 0 aromatic heterocycles. The second-order valence-electron chi connectivity index (χ2n) is 6.70. The van der Waals surface area contributed by atoms with Gasteiger partial charge in [0.2, 0.25) is 0 Å². The number of hydrogen-bond acceptors (Lipinski definition) is 3. The Morgan fingerprint density at radius 1 is 1.24 bits per heavy atom. The Morgan fingerprint density at radius 2 is 1.76 bits per heavy atom. The van der Waals surface area contributed by atoms with Crippen molar-refractivity contribution in [2.24, 2.45) is 10.7 Å². The van der Waals surface area contributed by atoms with Gasteiger partial charge in [-0.1, -0.05) is 0 Å². The molecule has 0 heterocycles. The van der Waals surface area contributed by atoms with Crippen molar-refractivity contribution in [2.45, 2.75) is 59.6 Å². The predicted molar refractivity (Wildman–Crippen MR) is 98.3 cm³/mol. The van der Waals surface area contributed by atoms with Crippen LogP contribution >= 0.6 is 24.0 Å². The number of nitrogens with two attached hydrogens (primary N) is 1. The number of hydrogen-bond donors (Lipinski definition) is 2. The van der Waals surface area contributed by atoms with E-state index in [1.54, 1.807) is 4.90 Å². The van der Waals surface area contributed by atoms with Crippen molar-refractivity contribution in [3.05, 3.63) is 0 Å². The van der Waals surface area contributed by atoms with E-state index in [1.165, 1.54) is 0 Å². The number of carbonyl (C=O) groups is 1. The van der Waals surface area contributed by atoms with Crippen molar-refractivity contribution in [2.75, 3.05) is 19.6 Å². The molecule has 0 unspecified atom stereocenters. The van der Waals surface area contributed by atoms with Crippen LogP contribution in [-0.2, 0) is 4.74 Å². The van der Waals surface area contributed by atoms with Crippen LogP contribution < -0.4 is 11.1 Å². The Morgan fingerprint density at radius 3 is 2.14 bits per heavy atom. The maximum absolute atomic E-state index is 11.9. The third kappa shape index (κ3) is 12.7. The monoisotopic (exact) mass is 414 g/mol. The number of aliphatic imine (C=N–C) groups is 1. The number of guanidine groups is 1. The maximum atomic E-state index is 11.9. The van der Waals surface area contributed by atoms with Gasteiger partial charge in [-0.05, 0) is 48.5 Å². The average Bonchev–Trinajstić information content (AvgIpc) is 2.18. The van der Waals surface area contributed by atoms with E-state index in [1.807, 2.05) is 48.5 Å². The molecule has 0 bridgehead atoms. The Balaban J connectivity index is 0. The lowest BCUT2D eigenvalue weighted by molar-refractivity contribution is 0.0266. The zero-order valence-electron chi connectivity index (χ0n) is 14.3. The number of rotatable bonds is 4. The van der Waals surface area contributed by atoms with E-state index in [2.05, 4.69) is 10.3 Å².